The van der Waals surface area contributed by atoms with Crippen molar-refractivity contribution in [3.8, 4) is 5.75 Å². The fourth-order valence-corrected chi connectivity index (χ4v) is 3.48. The Morgan fingerprint density at radius 3 is 2.72 bits per heavy atom. The fourth-order valence-electron chi connectivity index (χ4n) is 3.48. The Morgan fingerprint density at radius 1 is 1.17 bits per heavy atom. The molecule has 0 aliphatic heterocycles. The van der Waals surface area contributed by atoms with E-state index in [4.69, 9.17) is 4.74 Å². The van der Waals surface area contributed by atoms with Crippen molar-refractivity contribution in [3.63, 3.8) is 0 Å². The molecule has 0 fully saturated rings. The third-order valence-corrected chi connectivity index (χ3v) is 4.95. The molecule has 7 nitrogen and oxygen atoms in total. The molecule has 0 N–H and O–H groups in total. The number of rotatable bonds is 6. The molecule has 0 atom stereocenters. The van der Waals surface area contributed by atoms with Gasteiger partial charge in [0.2, 0.25) is 0 Å². The first-order valence-electron chi connectivity index (χ1n) is 9.12. The zero-order valence-corrected chi connectivity index (χ0v) is 16.1. The topological polar surface area (TPSA) is 79.0 Å². The molecule has 148 valence electrons. The largest absolute Gasteiger partial charge is 0.495 e. The zero-order valence-electron chi connectivity index (χ0n) is 16.1. The summed E-state index contributed by atoms with van der Waals surface area (Å²) in [7, 11) is 3.28. The Kier molecular flexibility index (Phi) is 4.84. The average Bonchev–Trinajstić information content (AvgIpc) is 3.10. The molecule has 0 unspecified atom stereocenters. The highest BCUT2D eigenvalue weighted by atomic mass is 19.1. The van der Waals surface area contributed by atoms with E-state index >= 15 is 0 Å². The van der Waals surface area contributed by atoms with E-state index in [1.807, 2.05) is 0 Å². The number of ether oxygens (including phenoxy) is 1. The van der Waals surface area contributed by atoms with Gasteiger partial charge in [-0.1, -0.05) is 0 Å². The summed E-state index contributed by atoms with van der Waals surface area (Å²) in [5.74, 6) is 0.109. The van der Waals surface area contributed by atoms with Crippen LogP contribution in [0.3, 0.4) is 0 Å². The minimum absolute atomic E-state index is 0.0644. The van der Waals surface area contributed by atoms with Crippen LogP contribution in [0.4, 0.5) is 4.39 Å². The third kappa shape index (κ3) is 3.49. The molecule has 0 saturated carbocycles. The molecule has 8 heteroatoms. The first-order chi connectivity index (χ1) is 14.0. The number of hydrogen-bond acceptors (Lipinski definition) is 5. The lowest BCUT2D eigenvalue weighted by Gasteiger charge is -2.12. The second-order valence-electron chi connectivity index (χ2n) is 6.80. The molecule has 3 aromatic heterocycles. The number of methoxy groups -OCH3 is 1. The highest BCUT2D eigenvalue weighted by Gasteiger charge is 2.16. The van der Waals surface area contributed by atoms with E-state index in [-0.39, 0.29) is 30.7 Å². The molecule has 0 saturated heterocycles. The molecule has 4 aromatic rings. The van der Waals surface area contributed by atoms with Crippen molar-refractivity contribution < 1.29 is 13.9 Å². The summed E-state index contributed by atoms with van der Waals surface area (Å²) >= 11 is 0. The number of aryl methyl sites for hydroxylation is 2. The molecule has 4 rings (SSSR count). The van der Waals surface area contributed by atoms with Crippen LogP contribution in [0.5, 0.6) is 5.75 Å². The predicted octanol–water partition coefficient (Wildman–Crippen LogP) is 2.63. The van der Waals surface area contributed by atoms with Gasteiger partial charge in [-0.25, -0.2) is 4.39 Å². The first-order valence-corrected chi connectivity index (χ1v) is 9.12. The van der Waals surface area contributed by atoms with Crippen LogP contribution in [0, 0.1) is 5.82 Å². The lowest BCUT2D eigenvalue weighted by atomic mass is 10.1. The molecule has 0 aliphatic carbocycles. The van der Waals surface area contributed by atoms with Gasteiger partial charge in [-0.2, -0.15) is 5.10 Å². The highest BCUT2D eigenvalue weighted by molar-refractivity contribution is 6.03. The molecule has 0 bridgehead atoms. The Bertz CT molecular complexity index is 1280. The number of carbonyl (C=O) groups is 1. The number of nitrogens with zero attached hydrogens (tertiary/aromatic N) is 4. The normalized spacial score (nSPS) is 11.3. The number of hydrogen-bond donors (Lipinski definition) is 0. The summed E-state index contributed by atoms with van der Waals surface area (Å²) in [5, 5.41) is 5.31. The molecule has 0 amide bonds. The lowest BCUT2D eigenvalue weighted by Crippen LogP contribution is -2.23. The number of ketones is 1. The Balaban J connectivity index is 1.64. The van der Waals surface area contributed by atoms with Gasteiger partial charge in [-0.15, -0.1) is 0 Å². The van der Waals surface area contributed by atoms with Crippen molar-refractivity contribution >= 4 is 27.6 Å². The van der Waals surface area contributed by atoms with Gasteiger partial charge in [-0.05, 0) is 30.3 Å². The predicted molar refractivity (Wildman–Crippen MR) is 107 cm³/mol. The Hall–Kier alpha value is -3.55. The molecule has 0 spiro atoms. The van der Waals surface area contributed by atoms with E-state index in [9.17, 15) is 14.0 Å². The maximum atomic E-state index is 13.9. The number of fused-ring (bicyclic) bond motifs is 3. The van der Waals surface area contributed by atoms with Gasteiger partial charge in [0, 0.05) is 37.5 Å². The average molecular weight is 394 g/mol. The number of Topliss-reactive ketones (excluding diaryl/α,β-unsaturated/α-hetero) is 1. The quantitative estimate of drug-likeness (QED) is 0.502. The van der Waals surface area contributed by atoms with Crippen molar-refractivity contribution in [2.45, 2.75) is 19.4 Å². The van der Waals surface area contributed by atoms with E-state index in [1.165, 1.54) is 22.9 Å². The monoisotopic (exact) mass is 394 g/mol. The van der Waals surface area contributed by atoms with Crippen LogP contribution < -0.4 is 10.3 Å². The summed E-state index contributed by atoms with van der Waals surface area (Å²) in [6.45, 7) is 0.151. The van der Waals surface area contributed by atoms with Crippen molar-refractivity contribution in [3.05, 3.63) is 64.6 Å². The van der Waals surface area contributed by atoms with Crippen LogP contribution in [-0.2, 0) is 24.8 Å². The Labute approximate surface area is 165 Å². The standard InChI is InChI=1S/C21H19FN4O3/c1-25-20-17-6-3-13(22)9-19(17)26(21(28)18(20)12-24-25)8-7-15(27)10-14-4-5-16(29-2)11-23-14/h3-6,9,11-12H,7-8,10H2,1-2H3. The number of benzene rings is 1. The van der Waals surface area contributed by atoms with Gasteiger partial charge >= 0.3 is 0 Å². The van der Waals surface area contributed by atoms with Crippen molar-refractivity contribution in [2.24, 2.45) is 7.05 Å². The van der Waals surface area contributed by atoms with Crippen LogP contribution in [0.2, 0.25) is 0 Å². The van der Waals surface area contributed by atoms with Crippen LogP contribution >= 0.6 is 0 Å². The summed E-state index contributed by atoms with van der Waals surface area (Å²) < 4.78 is 22.0. The first kappa shape index (κ1) is 18.8. The van der Waals surface area contributed by atoms with Crippen LogP contribution in [0.15, 0.2) is 47.5 Å². The lowest BCUT2D eigenvalue weighted by molar-refractivity contribution is -0.118. The number of halogens is 1. The van der Waals surface area contributed by atoms with E-state index in [0.717, 1.165) is 0 Å². The maximum Gasteiger partial charge on any atom is 0.262 e. The molecule has 1 aromatic carbocycles. The zero-order chi connectivity index (χ0) is 20.5. The van der Waals surface area contributed by atoms with E-state index in [1.54, 1.807) is 43.2 Å². The number of carbonyl (C=O) groups excluding carboxylic acids is 1. The van der Waals surface area contributed by atoms with Gasteiger partial charge in [0.05, 0.1) is 35.9 Å². The van der Waals surface area contributed by atoms with Crippen LogP contribution in [0.1, 0.15) is 12.1 Å². The fraction of sp³-hybridized carbons (Fsp3) is 0.238. The minimum atomic E-state index is -0.444. The van der Waals surface area contributed by atoms with Crippen LogP contribution in [-0.4, -0.2) is 32.2 Å². The summed E-state index contributed by atoms with van der Waals surface area (Å²) in [5.41, 5.74) is 1.43. The molecular weight excluding hydrogens is 375 g/mol. The van der Waals surface area contributed by atoms with Gasteiger partial charge in [0.1, 0.15) is 17.3 Å². The maximum absolute atomic E-state index is 13.9. The molecule has 0 radical (unpaired) electrons. The summed E-state index contributed by atoms with van der Waals surface area (Å²) in [6.07, 6.45) is 3.34. The van der Waals surface area contributed by atoms with Crippen molar-refractivity contribution in [1.29, 1.82) is 0 Å². The summed E-state index contributed by atoms with van der Waals surface area (Å²) in [6, 6.07) is 7.78. The van der Waals surface area contributed by atoms with E-state index in [0.29, 0.717) is 33.2 Å². The highest BCUT2D eigenvalue weighted by Crippen LogP contribution is 2.23. The molecular formula is C21H19FN4O3. The second-order valence-corrected chi connectivity index (χ2v) is 6.80. The molecule has 3 heterocycles. The summed E-state index contributed by atoms with van der Waals surface area (Å²) in [4.78, 5) is 29.6. The number of aromatic nitrogens is 4. The third-order valence-electron chi connectivity index (χ3n) is 4.95. The molecule has 29 heavy (non-hydrogen) atoms. The van der Waals surface area contributed by atoms with E-state index < -0.39 is 5.82 Å². The van der Waals surface area contributed by atoms with E-state index in [2.05, 4.69) is 10.1 Å². The Morgan fingerprint density at radius 2 is 2.00 bits per heavy atom. The minimum Gasteiger partial charge on any atom is -0.495 e. The van der Waals surface area contributed by atoms with Gasteiger partial charge in [-0.3, -0.25) is 19.3 Å². The van der Waals surface area contributed by atoms with Crippen LogP contribution in [0.25, 0.3) is 21.8 Å². The second kappa shape index (κ2) is 7.46. The number of pyridine rings is 2. The van der Waals surface area contributed by atoms with Crippen molar-refractivity contribution in [1.82, 2.24) is 19.3 Å². The van der Waals surface area contributed by atoms with Crippen molar-refractivity contribution in [2.75, 3.05) is 7.11 Å². The van der Waals surface area contributed by atoms with Gasteiger partial charge in [0.15, 0.2) is 0 Å². The van der Waals surface area contributed by atoms with Gasteiger partial charge < -0.3 is 9.30 Å². The smallest absolute Gasteiger partial charge is 0.262 e. The molecule has 0 aliphatic rings. The SMILES string of the molecule is COc1ccc(CC(=O)CCn2c(=O)c3cnn(C)c3c3ccc(F)cc32)nc1. The van der Waals surface area contributed by atoms with Gasteiger partial charge in [0.25, 0.3) is 5.56 Å².